The Hall–Kier alpha value is -2.09. The summed E-state index contributed by atoms with van der Waals surface area (Å²) in [7, 11) is 0. The molecule has 0 radical (unpaired) electrons. The molecule has 7 heteroatoms. The van der Waals surface area contributed by atoms with Gasteiger partial charge in [-0.3, -0.25) is 4.90 Å². The van der Waals surface area contributed by atoms with Gasteiger partial charge >= 0.3 is 6.03 Å². The first-order valence-electron chi connectivity index (χ1n) is 9.66. The van der Waals surface area contributed by atoms with Gasteiger partial charge in [0.05, 0.1) is 25.0 Å². The van der Waals surface area contributed by atoms with Gasteiger partial charge in [-0.1, -0.05) is 12.1 Å². The van der Waals surface area contributed by atoms with Crippen molar-refractivity contribution >= 4 is 22.7 Å². The molecular weight excluding hydrogens is 346 g/mol. The number of aryl methyl sites for hydroxylation is 1. The molecule has 0 bridgehead atoms. The first kappa shape index (κ1) is 18.3. The number of anilines is 1. The highest BCUT2D eigenvalue weighted by Crippen LogP contribution is 2.27. The van der Waals surface area contributed by atoms with Gasteiger partial charge in [0.25, 0.3) is 0 Å². The fourth-order valence-electron chi connectivity index (χ4n) is 3.75. The minimum atomic E-state index is -0.103. The minimum Gasteiger partial charge on any atom is -0.459 e. The van der Waals surface area contributed by atoms with Crippen molar-refractivity contribution in [1.29, 1.82) is 0 Å². The number of para-hydroxylation sites is 1. The molecule has 27 heavy (non-hydrogen) atoms. The number of urea groups is 1. The number of nitrogens with zero attached hydrogens (tertiary/aromatic N) is 2. The maximum Gasteiger partial charge on any atom is 0.322 e. The average molecular weight is 373 g/mol. The van der Waals surface area contributed by atoms with E-state index in [9.17, 15) is 4.79 Å². The predicted molar refractivity (Wildman–Crippen MR) is 103 cm³/mol. The zero-order chi connectivity index (χ0) is 18.6. The van der Waals surface area contributed by atoms with Crippen LogP contribution in [0.3, 0.4) is 0 Å². The molecule has 1 atom stereocenters. The van der Waals surface area contributed by atoms with Gasteiger partial charge in [0.2, 0.25) is 0 Å². The Morgan fingerprint density at radius 1 is 1.22 bits per heavy atom. The van der Waals surface area contributed by atoms with E-state index >= 15 is 0 Å². The van der Waals surface area contributed by atoms with Gasteiger partial charge in [-0.05, 0) is 25.5 Å². The number of fused-ring (bicyclic) bond motifs is 1. The van der Waals surface area contributed by atoms with Crippen molar-refractivity contribution in [1.82, 2.24) is 9.80 Å². The number of carbonyl (C=O) groups excluding carboxylic acids is 1. The predicted octanol–water partition coefficient (Wildman–Crippen LogP) is 2.70. The molecule has 0 aliphatic carbocycles. The van der Waals surface area contributed by atoms with Gasteiger partial charge < -0.3 is 24.1 Å². The number of amides is 2. The highest BCUT2D eigenvalue weighted by Gasteiger charge is 2.25. The largest absolute Gasteiger partial charge is 0.459 e. The molecule has 1 N–H and O–H groups in total. The summed E-state index contributed by atoms with van der Waals surface area (Å²) in [6.07, 6.45) is 0.870. The molecule has 0 saturated carbocycles. The van der Waals surface area contributed by atoms with Crippen molar-refractivity contribution in [2.45, 2.75) is 19.4 Å². The number of hydrogen-bond acceptors (Lipinski definition) is 5. The molecule has 2 amide bonds. The maximum absolute atomic E-state index is 12.9. The molecule has 2 aliphatic heterocycles. The summed E-state index contributed by atoms with van der Waals surface area (Å²) >= 11 is 0. The third-order valence-electron chi connectivity index (χ3n) is 5.11. The second kappa shape index (κ2) is 8.29. The van der Waals surface area contributed by atoms with Crippen LogP contribution < -0.4 is 5.32 Å². The molecule has 2 saturated heterocycles. The van der Waals surface area contributed by atoms with Gasteiger partial charge in [-0.25, -0.2) is 4.79 Å². The van der Waals surface area contributed by atoms with Crippen LogP contribution in [-0.2, 0) is 9.47 Å². The molecule has 1 aromatic heterocycles. The fourth-order valence-corrected chi connectivity index (χ4v) is 3.75. The summed E-state index contributed by atoms with van der Waals surface area (Å²) in [5.74, 6) is 0.834. The molecular formula is C20H27N3O4. The Kier molecular flexibility index (Phi) is 5.61. The van der Waals surface area contributed by atoms with Gasteiger partial charge in [0.15, 0.2) is 5.58 Å². The van der Waals surface area contributed by atoms with Crippen LogP contribution in [0.2, 0.25) is 0 Å². The van der Waals surface area contributed by atoms with Crippen molar-refractivity contribution in [3.8, 4) is 0 Å². The van der Waals surface area contributed by atoms with Gasteiger partial charge in [0.1, 0.15) is 5.76 Å². The van der Waals surface area contributed by atoms with Crippen molar-refractivity contribution < 1.29 is 18.7 Å². The summed E-state index contributed by atoms with van der Waals surface area (Å²) in [4.78, 5) is 17.1. The molecule has 2 aromatic rings. The average Bonchev–Trinajstić information content (AvgIpc) is 2.90. The van der Waals surface area contributed by atoms with Crippen LogP contribution in [0.4, 0.5) is 10.5 Å². The molecule has 2 aliphatic rings. The number of benzene rings is 1. The summed E-state index contributed by atoms with van der Waals surface area (Å²) in [5, 5.41) is 4.02. The molecule has 146 valence electrons. The Morgan fingerprint density at radius 3 is 2.93 bits per heavy atom. The van der Waals surface area contributed by atoms with E-state index in [1.807, 2.05) is 36.1 Å². The zero-order valence-electron chi connectivity index (χ0n) is 15.8. The van der Waals surface area contributed by atoms with E-state index in [1.54, 1.807) is 0 Å². The molecule has 7 nitrogen and oxygen atoms in total. The topological polar surface area (TPSA) is 67.2 Å². The summed E-state index contributed by atoms with van der Waals surface area (Å²) in [5.41, 5.74) is 1.43. The lowest BCUT2D eigenvalue weighted by atomic mass is 10.2. The highest BCUT2D eigenvalue weighted by molar-refractivity contribution is 5.99. The zero-order valence-corrected chi connectivity index (χ0v) is 15.8. The van der Waals surface area contributed by atoms with Crippen molar-refractivity contribution in [2.75, 3.05) is 57.9 Å². The molecule has 0 unspecified atom stereocenters. The standard InChI is InChI=1S/C20H27N3O4/c1-15-12-16-4-2-5-18(19(16)27-15)21-20(24)23-6-3-9-26-17(14-23)13-22-7-10-25-11-8-22/h2,4-5,12,17H,3,6-11,13-14H2,1H3,(H,21,24)/t17-/m0/s1. The van der Waals surface area contributed by atoms with Crippen LogP contribution in [0, 0.1) is 6.92 Å². The van der Waals surface area contributed by atoms with E-state index in [1.165, 1.54) is 0 Å². The van der Waals surface area contributed by atoms with Crippen LogP contribution >= 0.6 is 0 Å². The van der Waals surface area contributed by atoms with E-state index in [4.69, 9.17) is 13.9 Å². The minimum absolute atomic E-state index is 0.0259. The van der Waals surface area contributed by atoms with Gasteiger partial charge in [0, 0.05) is 44.7 Å². The van der Waals surface area contributed by atoms with Crippen LogP contribution in [-0.4, -0.2) is 74.5 Å². The van der Waals surface area contributed by atoms with Crippen LogP contribution in [0.15, 0.2) is 28.7 Å². The number of hydrogen-bond donors (Lipinski definition) is 1. The van der Waals surface area contributed by atoms with Crippen LogP contribution in [0.1, 0.15) is 12.2 Å². The molecule has 4 rings (SSSR count). The number of ether oxygens (including phenoxy) is 2. The summed E-state index contributed by atoms with van der Waals surface area (Å²) < 4.78 is 17.2. The Morgan fingerprint density at radius 2 is 2.07 bits per heavy atom. The Labute approximate surface area is 159 Å². The third kappa shape index (κ3) is 4.43. The summed E-state index contributed by atoms with van der Waals surface area (Å²) in [6, 6.07) is 7.67. The van der Waals surface area contributed by atoms with Crippen LogP contribution in [0.25, 0.3) is 11.0 Å². The van der Waals surface area contributed by atoms with Gasteiger partial charge in [-0.15, -0.1) is 0 Å². The van der Waals surface area contributed by atoms with E-state index in [-0.39, 0.29) is 12.1 Å². The first-order valence-corrected chi connectivity index (χ1v) is 9.66. The first-order chi connectivity index (χ1) is 13.2. The SMILES string of the molecule is Cc1cc2cccc(NC(=O)N3CCCO[C@@H](CN4CCOCC4)C3)c2o1. The van der Waals surface area contributed by atoms with Gasteiger partial charge in [-0.2, -0.15) is 0 Å². The Bertz CT molecular complexity index is 785. The van der Waals surface area contributed by atoms with E-state index in [0.29, 0.717) is 25.4 Å². The lowest BCUT2D eigenvalue weighted by Crippen LogP contribution is -2.46. The maximum atomic E-state index is 12.9. The molecule has 1 aromatic carbocycles. The number of furan rings is 1. The van der Waals surface area contributed by atoms with Crippen molar-refractivity contribution in [3.05, 3.63) is 30.0 Å². The molecule has 3 heterocycles. The number of morpholine rings is 1. The van der Waals surface area contributed by atoms with E-state index in [0.717, 1.165) is 56.0 Å². The monoisotopic (exact) mass is 373 g/mol. The van der Waals surface area contributed by atoms with E-state index in [2.05, 4.69) is 10.2 Å². The second-order valence-corrected chi connectivity index (χ2v) is 7.22. The lowest BCUT2D eigenvalue weighted by Gasteiger charge is -2.31. The third-order valence-corrected chi connectivity index (χ3v) is 5.11. The van der Waals surface area contributed by atoms with Crippen LogP contribution in [0.5, 0.6) is 0 Å². The van der Waals surface area contributed by atoms with Crippen molar-refractivity contribution in [3.63, 3.8) is 0 Å². The fraction of sp³-hybridized carbons (Fsp3) is 0.550. The highest BCUT2D eigenvalue weighted by atomic mass is 16.5. The number of carbonyl (C=O) groups is 1. The van der Waals surface area contributed by atoms with E-state index < -0.39 is 0 Å². The van der Waals surface area contributed by atoms with Crippen molar-refractivity contribution in [2.24, 2.45) is 0 Å². The number of nitrogens with one attached hydrogen (secondary N) is 1. The quantitative estimate of drug-likeness (QED) is 0.896. The lowest BCUT2D eigenvalue weighted by molar-refractivity contribution is -0.00983. The second-order valence-electron chi connectivity index (χ2n) is 7.22. The Balaban J connectivity index is 1.42. The summed E-state index contributed by atoms with van der Waals surface area (Å²) in [6.45, 7) is 8.10. The molecule has 0 spiro atoms. The number of rotatable bonds is 3. The smallest absolute Gasteiger partial charge is 0.322 e. The molecule has 2 fully saturated rings. The normalized spacial score (nSPS) is 22.0.